The fraction of sp³-hybridized carbons (Fsp3) is 0.389. The van der Waals surface area contributed by atoms with Gasteiger partial charge in [0.25, 0.3) is 0 Å². The Bertz CT molecular complexity index is 960. The van der Waals surface area contributed by atoms with Crippen molar-refractivity contribution < 1.29 is 28.3 Å². The molecule has 3 heterocycles. The van der Waals surface area contributed by atoms with Crippen LogP contribution < -0.4 is 9.47 Å². The first kappa shape index (κ1) is 14.5. The molecule has 0 bridgehead atoms. The number of hydrogen-bond acceptors (Lipinski definition) is 6. The number of hydrogen-bond donors (Lipinski definition) is 0. The van der Waals surface area contributed by atoms with Crippen molar-refractivity contribution in [3.05, 3.63) is 24.0 Å². The molecule has 3 aliphatic rings. The normalized spacial score (nSPS) is 30.3. The van der Waals surface area contributed by atoms with Crippen LogP contribution in [-0.4, -0.2) is 42.8 Å². The molecule has 7 heteroatoms. The van der Waals surface area contributed by atoms with E-state index in [0.717, 1.165) is 10.9 Å². The summed E-state index contributed by atoms with van der Waals surface area (Å²) in [5.74, 6) is -1.30. The van der Waals surface area contributed by atoms with Crippen molar-refractivity contribution >= 4 is 28.6 Å². The molecule has 0 N–H and O–H groups in total. The third-order valence-corrected chi connectivity index (χ3v) is 5.77. The third kappa shape index (κ3) is 1.63. The van der Waals surface area contributed by atoms with Crippen LogP contribution in [0.4, 0.5) is 0 Å². The van der Waals surface area contributed by atoms with Crippen molar-refractivity contribution in [1.29, 1.82) is 0 Å². The molecule has 0 spiro atoms. The minimum atomic E-state index is -0.523. The van der Waals surface area contributed by atoms with Crippen LogP contribution in [0.3, 0.4) is 0 Å². The third-order valence-electron chi connectivity index (χ3n) is 5.77. The lowest BCUT2D eigenvalue weighted by Gasteiger charge is -2.57. The summed E-state index contributed by atoms with van der Waals surface area (Å²) in [5.41, 5.74) is 1.28. The molecule has 1 saturated heterocycles. The Labute approximate surface area is 142 Å². The maximum atomic E-state index is 12.6. The zero-order chi connectivity index (χ0) is 17.5. The van der Waals surface area contributed by atoms with Crippen molar-refractivity contribution in [3.63, 3.8) is 0 Å². The molecule has 2 fully saturated rings. The minimum Gasteiger partial charge on any atom is -0.490 e. The van der Waals surface area contributed by atoms with E-state index in [-0.39, 0.29) is 29.9 Å². The molecule has 7 nitrogen and oxygen atoms in total. The van der Waals surface area contributed by atoms with Gasteiger partial charge < -0.3 is 18.8 Å². The van der Waals surface area contributed by atoms with Crippen LogP contribution in [0.5, 0.6) is 11.5 Å². The van der Waals surface area contributed by atoms with E-state index in [1.54, 1.807) is 19.4 Å². The molecule has 1 saturated carbocycles. The van der Waals surface area contributed by atoms with Crippen molar-refractivity contribution in [2.24, 2.45) is 11.8 Å². The van der Waals surface area contributed by atoms with Crippen LogP contribution in [0.2, 0.25) is 0 Å². The van der Waals surface area contributed by atoms with Crippen LogP contribution in [0.1, 0.15) is 17.9 Å². The number of nitrogens with zero attached hydrogens (tertiary/aromatic N) is 1. The number of piperidine rings is 1. The monoisotopic (exact) mass is 341 g/mol. The Morgan fingerprint density at radius 2 is 2.00 bits per heavy atom. The molecule has 25 heavy (non-hydrogen) atoms. The van der Waals surface area contributed by atoms with Gasteiger partial charge in [-0.2, -0.15) is 0 Å². The lowest BCUT2D eigenvalue weighted by molar-refractivity contribution is -0.170. The first-order valence-corrected chi connectivity index (χ1v) is 8.11. The molecule has 4 unspecified atom stereocenters. The number of likely N-dealkylation sites (tertiary alicyclic amines) is 1. The molecule has 128 valence electrons. The maximum Gasteiger partial charge on any atom is 0.317 e. The molecule has 2 aromatic rings. The molecule has 4 atom stereocenters. The Balaban J connectivity index is 1.71. The van der Waals surface area contributed by atoms with Crippen molar-refractivity contribution in [3.8, 4) is 11.5 Å². The molecule has 5 rings (SSSR count). The van der Waals surface area contributed by atoms with E-state index in [2.05, 4.69) is 0 Å². The number of methoxy groups -OCH3 is 1. The first-order chi connectivity index (χ1) is 12.0. The number of carbonyl (C=O) groups excluding carboxylic acids is 3. The fourth-order valence-corrected chi connectivity index (χ4v) is 4.62. The largest absolute Gasteiger partial charge is 0.490 e. The minimum absolute atomic E-state index is 0.110. The standard InChI is InChI=1S/C18H15NO6/c1-19-10(21)6-9(20)12-11-8-5-7-3-4-24-15(7)17(23-2)16(8)25-18(22)13(11)14(12)19/h3-5,11-14H,6H2,1-2H3. The Morgan fingerprint density at radius 3 is 2.76 bits per heavy atom. The highest BCUT2D eigenvalue weighted by Crippen LogP contribution is 2.59. The number of fused-ring (bicyclic) bond motifs is 7. The summed E-state index contributed by atoms with van der Waals surface area (Å²) >= 11 is 0. The van der Waals surface area contributed by atoms with Gasteiger partial charge in [0.05, 0.1) is 31.8 Å². The molecule has 1 aliphatic carbocycles. The summed E-state index contributed by atoms with van der Waals surface area (Å²) in [7, 11) is 3.13. The van der Waals surface area contributed by atoms with Gasteiger partial charge in [-0.1, -0.05) is 0 Å². The number of furan rings is 1. The van der Waals surface area contributed by atoms with Gasteiger partial charge in [0.2, 0.25) is 11.7 Å². The number of amides is 1. The van der Waals surface area contributed by atoms with Gasteiger partial charge in [0.1, 0.15) is 5.78 Å². The van der Waals surface area contributed by atoms with Gasteiger partial charge in [0.15, 0.2) is 11.3 Å². The zero-order valence-electron chi connectivity index (χ0n) is 13.6. The van der Waals surface area contributed by atoms with Gasteiger partial charge in [-0.3, -0.25) is 14.4 Å². The van der Waals surface area contributed by atoms with Crippen LogP contribution >= 0.6 is 0 Å². The zero-order valence-corrected chi connectivity index (χ0v) is 13.6. The number of Topliss-reactive ketones (excluding diaryl/α,β-unsaturated/α-hetero) is 1. The number of carbonyl (C=O) groups is 3. The highest BCUT2D eigenvalue weighted by Gasteiger charge is 2.65. The topological polar surface area (TPSA) is 86.0 Å². The summed E-state index contributed by atoms with van der Waals surface area (Å²) in [4.78, 5) is 38.6. The van der Waals surface area contributed by atoms with Crippen LogP contribution in [0.25, 0.3) is 11.0 Å². The Morgan fingerprint density at radius 1 is 1.20 bits per heavy atom. The highest BCUT2D eigenvalue weighted by molar-refractivity contribution is 6.05. The maximum absolute atomic E-state index is 12.6. The molecule has 1 aromatic carbocycles. The predicted molar refractivity (Wildman–Crippen MR) is 84.3 cm³/mol. The van der Waals surface area contributed by atoms with Crippen LogP contribution in [0.15, 0.2) is 22.8 Å². The lowest BCUT2D eigenvalue weighted by Crippen LogP contribution is -2.68. The molecule has 1 amide bonds. The molecular weight excluding hydrogens is 326 g/mol. The van der Waals surface area contributed by atoms with E-state index >= 15 is 0 Å². The fourth-order valence-electron chi connectivity index (χ4n) is 4.62. The number of ketones is 1. The smallest absolute Gasteiger partial charge is 0.317 e. The average Bonchev–Trinajstić information content (AvgIpc) is 3.00. The molecule has 1 aromatic heterocycles. The predicted octanol–water partition coefficient (Wildman–Crippen LogP) is 1.49. The second kappa shape index (κ2) is 4.62. The van der Waals surface area contributed by atoms with Crippen LogP contribution in [0, 0.1) is 11.8 Å². The van der Waals surface area contributed by atoms with Crippen molar-refractivity contribution in [1.82, 2.24) is 4.90 Å². The SMILES string of the molecule is COc1c2c(cc3ccoc13)C1C3C(=O)CC(=O)N(C)C3C1C(=O)O2. The first-order valence-electron chi connectivity index (χ1n) is 8.11. The second-order valence-corrected chi connectivity index (χ2v) is 6.80. The summed E-state index contributed by atoms with van der Waals surface area (Å²) in [6.07, 6.45) is 1.43. The Hall–Kier alpha value is -2.83. The number of benzene rings is 1. The van der Waals surface area contributed by atoms with E-state index in [9.17, 15) is 14.4 Å². The average molecular weight is 341 g/mol. The summed E-state index contributed by atoms with van der Waals surface area (Å²) < 4.78 is 16.4. The number of ether oxygens (including phenoxy) is 2. The van der Waals surface area contributed by atoms with E-state index in [1.165, 1.54) is 12.0 Å². The number of rotatable bonds is 1. The summed E-state index contributed by atoms with van der Waals surface area (Å²) in [6.45, 7) is 0. The molecule has 2 aliphatic heterocycles. The summed E-state index contributed by atoms with van der Waals surface area (Å²) in [6, 6.07) is 3.27. The van der Waals surface area contributed by atoms with Gasteiger partial charge in [-0.05, 0) is 12.1 Å². The van der Waals surface area contributed by atoms with E-state index in [0.29, 0.717) is 17.1 Å². The number of esters is 1. The summed E-state index contributed by atoms with van der Waals surface area (Å²) in [5, 5.41) is 0.823. The lowest BCUT2D eigenvalue weighted by atomic mass is 9.53. The molecular formula is C18H15NO6. The van der Waals surface area contributed by atoms with E-state index in [1.807, 2.05) is 6.07 Å². The molecule has 0 radical (unpaired) electrons. The second-order valence-electron chi connectivity index (χ2n) is 6.80. The van der Waals surface area contributed by atoms with Gasteiger partial charge in [0, 0.05) is 29.8 Å². The van der Waals surface area contributed by atoms with E-state index < -0.39 is 17.9 Å². The van der Waals surface area contributed by atoms with Crippen molar-refractivity contribution in [2.75, 3.05) is 14.2 Å². The van der Waals surface area contributed by atoms with Gasteiger partial charge in [-0.15, -0.1) is 0 Å². The van der Waals surface area contributed by atoms with Crippen molar-refractivity contribution in [2.45, 2.75) is 18.4 Å². The van der Waals surface area contributed by atoms with Gasteiger partial charge >= 0.3 is 5.97 Å². The van der Waals surface area contributed by atoms with Crippen LogP contribution in [-0.2, 0) is 14.4 Å². The quantitative estimate of drug-likeness (QED) is 0.444. The highest BCUT2D eigenvalue weighted by atomic mass is 16.6. The van der Waals surface area contributed by atoms with E-state index in [4.69, 9.17) is 13.9 Å². The Kier molecular flexibility index (Phi) is 2.68. The van der Waals surface area contributed by atoms with Gasteiger partial charge in [-0.25, -0.2) is 0 Å².